The van der Waals surface area contributed by atoms with Crippen LogP contribution in [0.2, 0.25) is 0 Å². The molecule has 1 heterocycles. The average Bonchev–Trinajstić information content (AvgIpc) is 2.68. The second-order valence-corrected chi connectivity index (χ2v) is 3.93. The predicted molar refractivity (Wildman–Crippen MR) is 66.0 cm³/mol. The van der Waals surface area contributed by atoms with E-state index in [9.17, 15) is 4.39 Å². The van der Waals surface area contributed by atoms with Gasteiger partial charge < -0.3 is 14.6 Å². The molecule has 1 N–H and O–H groups in total. The predicted octanol–water partition coefficient (Wildman–Crippen LogP) is 1.88. The number of nitrogens with zero attached hydrogens (tertiary/aromatic N) is 3. The van der Waals surface area contributed by atoms with E-state index in [1.807, 2.05) is 18.5 Å². The zero-order chi connectivity index (χ0) is 13.1. The third-order valence-corrected chi connectivity index (χ3v) is 2.79. The maximum absolute atomic E-state index is 13.5. The minimum Gasteiger partial charge on any atom is -0.494 e. The fourth-order valence-corrected chi connectivity index (χ4v) is 1.56. The number of halogens is 1. The Bertz CT molecular complexity index is 553. The second kappa shape index (κ2) is 5.03. The van der Waals surface area contributed by atoms with Crippen LogP contribution < -0.4 is 10.1 Å². The molecule has 0 bridgehead atoms. The lowest BCUT2D eigenvalue weighted by atomic mass is 10.3. The van der Waals surface area contributed by atoms with Crippen LogP contribution in [0.15, 0.2) is 18.2 Å². The molecule has 0 unspecified atom stereocenters. The van der Waals surface area contributed by atoms with Crippen molar-refractivity contribution < 1.29 is 9.13 Å². The van der Waals surface area contributed by atoms with E-state index in [2.05, 4.69) is 15.5 Å². The minimum atomic E-state index is -0.392. The Kier molecular flexibility index (Phi) is 3.45. The molecule has 1 aromatic carbocycles. The number of benzene rings is 1. The molecular weight excluding hydrogens is 235 g/mol. The Morgan fingerprint density at radius 1 is 1.39 bits per heavy atom. The van der Waals surface area contributed by atoms with Crippen molar-refractivity contribution >= 4 is 5.69 Å². The van der Waals surface area contributed by atoms with Gasteiger partial charge in [0.1, 0.15) is 5.82 Å². The maximum Gasteiger partial charge on any atom is 0.167 e. The number of rotatable bonds is 4. The number of methoxy groups -OCH3 is 1. The van der Waals surface area contributed by atoms with Gasteiger partial charge in [-0.2, -0.15) is 0 Å². The SMILES string of the molecule is COc1ccc(NCc2nnc(C)n2C)cc1F. The van der Waals surface area contributed by atoms with Crippen molar-refractivity contribution in [2.75, 3.05) is 12.4 Å². The van der Waals surface area contributed by atoms with E-state index in [1.54, 1.807) is 12.1 Å². The van der Waals surface area contributed by atoms with E-state index in [4.69, 9.17) is 4.74 Å². The van der Waals surface area contributed by atoms with Crippen LogP contribution in [0, 0.1) is 12.7 Å². The molecule has 0 fully saturated rings. The molecule has 96 valence electrons. The van der Waals surface area contributed by atoms with E-state index in [1.165, 1.54) is 13.2 Å². The van der Waals surface area contributed by atoms with Crippen LogP contribution in [0.1, 0.15) is 11.6 Å². The van der Waals surface area contributed by atoms with Crippen molar-refractivity contribution in [3.05, 3.63) is 35.7 Å². The minimum absolute atomic E-state index is 0.232. The summed E-state index contributed by atoms with van der Waals surface area (Å²) < 4.78 is 20.2. The molecule has 0 amide bonds. The molecule has 0 aliphatic rings. The topological polar surface area (TPSA) is 52.0 Å². The molecule has 0 saturated heterocycles. The molecule has 6 heteroatoms. The van der Waals surface area contributed by atoms with Crippen LogP contribution in [-0.4, -0.2) is 21.9 Å². The van der Waals surface area contributed by atoms with Crippen molar-refractivity contribution in [1.29, 1.82) is 0 Å². The molecule has 2 rings (SSSR count). The lowest BCUT2D eigenvalue weighted by molar-refractivity contribution is 0.386. The van der Waals surface area contributed by atoms with Gasteiger partial charge in [-0.15, -0.1) is 10.2 Å². The number of aromatic nitrogens is 3. The van der Waals surface area contributed by atoms with Gasteiger partial charge in [0.2, 0.25) is 0 Å². The Hall–Kier alpha value is -2.11. The average molecular weight is 250 g/mol. The van der Waals surface area contributed by atoms with Crippen molar-refractivity contribution in [2.24, 2.45) is 7.05 Å². The summed E-state index contributed by atoms with van der Waals surface area (Å²) in [4.78, 5) is 0. The lowest BCUT2D eigenvalue weighted by Gasteiger charge is -2.08. The zero-order valence-electron chi connectivity index (χ0n) is 10.6. The molecule has 18 heavy (non-hydrogen) atoms. The Balaban J connectivity index is 2.06. The summed E-state index contributed by atoms with van der Waals surface area (Å²) in [5, 5.41) is 11.1. The van der Waals surface area contributed by atoms with E-state index in [0.29, 0.717) is 12.2 Å². The highest BCUT2D eigenvalue weighted by Crippen LogP contribution is 2.20. The quantitative estimate of drug-likeness (QED) is 0.900. The molecule has 0 aliphatic heterocycles. The molecule has 5 nitrogen and oxygen atoms in total. The van der Waals surface area contributed by atoms with Crippen LogP contribution in [0.4, 0.5) is 10.1 Å². The summed E-state index contributed by atoms with van der Waals surface area (Å²) in [5.74, 6) is 1.48. The Morgan fingerprint density at radius 2 is 2.17 bits per heavy atom. The van der Waals surface area contributed by atoms with Gasteiger partial charge >= 0.3 is 0 Å². The van der Waals surface area contributed by atoms with Gasteiger partial charge in [-0.3, -0.25) is 0 Å². The van der Waals surface area contributed by atoms with Gasteiger partial charge in [-0.25, -0.2) is 4.39 Å². The van der Waals surface area contributed by atoms with E-state index in [-0.39, 0.29) is 5.75 Å². The van der Waals surface area contributed by atoms with Crippen molar-refractivity contribution in [3.8, 4) is 5.75 Å². The molecule has 0 radical (unpaired) electrons. The van der Waals surface area contributed by atoms with Crippen molar-refractivity contribution in [2.45, 2.75) is 13.5 Å². The first kappa shape index (κ1) is 12.3. The third kappa shape index (κ3) is 2.42. The normalized spacial score (nSPS) is 10.4. The van der Waals surface area contributed by atoms with Gasteiger partial charge in [-0.1, -0.05) is 0 Å². The summed E-state index contributed by atoms with van der Waals surface area (Å²) >= 11 is 0. The van der Waals surface area contributed by atoms with E-state index < -0.39 is 5.82 Å². The van der Waals surface area contributed by atoms with Crippen LogP contribution in [0.25, 0.3) is 0 Å². The number of nitrogens with one attached hydrogen (secondary N) is 1. The number of anilines is 1. The Labute approximate surface area is 105 Å². The fraction of sp³-hybridized carbons (Fsp3) is 0.333. The Morgan fingerprint density at radius 3 is 2.72 bits per heavy atom. The van der Waals surface area contributed by atoms with Gasteiger partial charge in [-0.05, 0) is 19.1 Å². The smallest absolute Gasteiger partial charge is 0.167 e. The molecule has 2 aromatic rings. The second-order valence-electron chi connectivity index (χ2n) is 3.93. The van der Waals surface area contributed by atoms with Crippen LogP contribution >= 0.6 is 0 Å². The van der Waals surface area contributed by atoms with Crippen LogP contribution in [-0.2, 0) is 13.6 Å². The van der Waals surface area contributed by atoms with Gasteiger partial charge in [0.05, 0.1) is 13.7 Å². The lowest BCUT2D eigenvalue weighted by Crippen LogP contribution is -2.07. The van der Waals surface area contributed by atoms with Crippen molar-refractivity contribution in [1.82, 2.24) is 14.8 Å². The first-order valence-electron chi connectivity index (χ1n) is 5.54. The van der Waals surface area contributed by atoms with Crippen LogP contribution in [0.5, 0.6) is 5.75 Å². The van der Waals surface area contributed by atoms with Gasteiger partial charge in [0.15, 0.2) is 17.4 Å². The molecule has 0 atom stereocenters. The van der Waals surface area contributed by atoms with Gasteiger partial charge in [0.25, 0.3) is 0 Å². The van der Waals surface area contributed by atoms with Gasteiger partial charge in [0, 0.05) is 18.8 Å². The highest BCUT2D eigenvalue weighted by molar-refractivity contribution is 5.47. The molecule has 0 aliphatic carbocycles. The molecule has 1 aromatic heterocycles. The van der Waals surface area contributed by atoms with Crippen LogP contribution in [0.3, 0.4) is 0 Å². The maximum atomic E-state index is 13.5. The summed E-state index contributed by atoms with van der Waals surface area (Å²) in [5.41, 5.74) is 0.675. The number of aryl methyl sites for hydroxylation is 1. The monoisotopic (exact) mass is 250 g/mol. The molecule has 0 saturated carbocycles. The van der Waals surface area contributed by atoms with E-state index in [0.717, 1.165) is 11.6 Å². The summed E-state index contributed by atoms with van der Waals surface area (Å²) in [6.45, 7) is 2.37. The third-order valence-electron chi connectivity index (χ3n) is 2.79. The number of hydrogen-bond acceptors (Lipinski definition) is 4. The summed E-state index contributed by atoms with van der Waals surface area (Å²) in [6.07, 6.45) is 0. The number of hydrogen-bond donors (Lipinski definition) is 1. The van der Waals surface area contributed by atoms with Crippen molar-refractivity contribution in [3.63, 3.8) is 0 Å². The largest absolute Gasteiger partial charge is 0.494 e. The standard InChI is InChI=1S/C12H15FN4O/c1-8-15-16-12(17(8)2)7-14-9-4-5-11(18-3)10(13)6-9/h4-6,14H,7H2,1-3H3. The molecule has 0 spiro atoms. The number of ether oxygens (including phenoxy) is 1. The zero-order valence-corrected chi connectivity index (χ0v) is 10.6. The summed E-state index contributed by atoms with van der Waals surface area (Å²) in [7, 11) is 3.33. The highest BCUT2D eigenvalue weighted by Gasteiger charge is 2.06. The first-order valence-corrected chi connectivity index (χ1v) is 5.54. The summed E-state index contributed by atoms with van der Waals surface area (Å²) in [6, 6.07) is 4.73. The van der Waals surface area contributed by atoms with E-state index >= 15 is 0 Å². The highest BCUT2D eigenvalue weighted by atomic mass is 19.1. The fourth-order valence-electron chi connectivity index (χ4n) is 1.56. The first-order chi connectivity index (χ1) is 8.61. The molecular formula is C12H15FN4O.